The zero-order chi connectivity index (χ0) is 16.2. The van der Waals surface area contributed by atoms with E-state index in [9.17, 15) is 4.79 Å². The zero-order valence-electron chi connectivity index (χ0n) is 12.6. The van der Waals surface area contributed by atoms with Gasteiger partial charge in [0.25, 0.3) is 0 Å². The van der Waals surface area contributed by atoms with Gasteiger partial charge >= 0.3 is 5.97 Å². The van der Waals surface area contributed by atoms with Crippen LogP contribution in [-0.2, 0) is 11.3 Å². The molecule has 2 aromatic rings. The number of ether oxygens (including phenoxy) is 1. The first-order valence-electron chi connectivity index (χ1n) is 7.53. The Morgan fingerprint density at radius 3 is 2.52 bits per heavy atom. The fraction of sp³-hybridized carbons (Fsp3) is 0.278. The van der Waals surface area contributed by atoms with Gasteiger partial charge in [-0.05, 0) is 35.4 Å². The molecular weight excluding hydrogens is 314 g/mol. The molecule has 3 rings (SSSR count). The Hall–Kier alpha value is -1.88. The van der Waals surface area contributed by atoms with Crippen LogP contribution >= 0.6 is 11.6 Å². The van der Waals surface area contributed by atoms with E-state index >= 15 is 0 Å². The summed E-state index contributed by atoms with van der Waals surface area (Å²) >= 11 is 5.93. The van der Waals surface area contributed by atoms with Crippen molar-refractivity contribution in [3.05, 3.63) is 70.2 Å². The third-order valence-electron chi connectivity index (χ3n) is 4.00. The number of nitrogens with zero attached hydrogens (tertiary/aromatic N) is 1. The van der Waals surface area contributed by atoms with Crippen molar-refractivity contribution in [2.24, 2.45) is 0 Å². The quantitative estimate of drug-likeness (QED) is 0.929. The number of benzene rings is 2. The molecule has 0 bridgehead atoms. The van der Waals surface area contributed by atoms with Crippen molar-refractivity contribution in [3.8, 4) is 0 Å². The number of carboxylic acids is 1. The van der Waals surface area contributed by atoms with Crippen LogP contribution in [0.4, 0.5) is 0 Å². The number of aromatic carboxylic acids is 1. The van der Waals surface area contributed by atoms with E-state index in [4.69, 9.17) is 21.4 Å². The summed E-state index contributed by atoms with van der Waals surface area (Å²) in [4.78, 5) is 13.2. The number of hydrogen-bond donors (Lipinski definition) is 1. The summed E-state index contributed by atoms with van der Waals surface area (Å²) in [5.74, 6) is -0.897. The predicted octanol–water partition coefficient (Wildman–Crippen LogP) is 3.61. The lowest BCUT2D eigenvalue weighted by Crippen LogP contribution is -2.37. The molecule has 1 saturated heterocycles. The highest BCUT2D eigenvalue weighted by Gasteiger charge is 2.22. The van der Waals surface area contributed by atoms with Crippen molar-refractivity contribution >= 4 is 17.6 Å². The highest BCUT2D eigenvalue weighted by atomic mass is 35.5. The number of carbonyl (C=O) groups is 1. The molecule has 1 heterocycles. The highest BCUT2D eigenvalue weighted by Crippen LogP contribution is 2.24. The molecule has 5 heteroatoms. The number of carboxylic acid groups (broad SMARTS) is 1. The molecule has 4 nitrogen and oxygen atoms in total. The fourth-order valence-electron chi connectivity index (χ4n) is 2.74. The van der Waals surface area contributed by atoms with Crippen LogP contribution in [0.2, 0.25) is 5.02 Å². The van der Waals surface area contributed by atoms with Crippen LogP contribution in [0.25, 0.3) is 0 Å². The molecule has 2 aromatic carbocycles. The van der Waals surface area contributed by atoms with Gasteiger partial charge in [-0.25, -0.2) is 4.79 Å². The Balaban J connectivity index is 1.64. The van der Waals surface area contributed by atoms with Crippen LogP contribution in [0.5, 0.6) is 0 Å². The summed E-state index contributed by atoms with van der Waals surface area (Å²) in [6, 6.07) is 14.8. The zero-order valence-corrected chi connectivity index (χ0v) is 13.4. The molecule has 1 N–H and O–H groups in total. The van der Waals surface area contributed by atoms with E-state index in [2.05, 4.69) is 4.90 Å². The van der Waals surface area contributed by atoms with Crippen molar-refractivity contribution in [3.63, 3.8) is 0 Å². The van der Waals surface area contributed by atoms with Gasteiger partial charge in [-0.2, -0.15) is 0 Å². The predicted molar refractivity (Wildman–Crippen MR) is 88.8 cm³/mol. The van der Waals surface area contributed by atoms with E-state index in [1.54, 1.807) is 12.1 Å². The van der Waals surface area contributed by atoms with Crippen molar-refractivity contribution in [2.75, 3.05) is 19.7 Å². The van der Waals surface area contributed by atoms with Gasteiger partial charge in [0.1, 0.15) is 0 Å². The molecule has 0 amide bonds. The number of halogens is 1. The molecule has 1 fully saturated rings. The van der Waals surface area contributed by atoms with Crippen LogP contribution in [0, 0.1) is 0 Å². The Labute approximate surface area is 140 Å². The minimum atomic E-state index is -0.897. The van der Waals surface area contributed by atoms with E-state index in [0.717, 1.165) is 35.8 Å². The third kappa shape index (κ3) is 4.10. The van der Waals surface area contributed by atoms with E-state index in [0.29, 0.717) is 12.2 Å². The van der Waals surface area contributed by atoms with Gasteiger partial charge in [-0.1, -0.05) is 35.9 Å². The Morgan fingerprint density at radius 1 is 1.17 bits per heavy atom. The molecule has 120 valence electrons. The number of rotatable bonds is 4. The SMILES string of the molecule is O=C(O)c1ccc(CN2CCOC(c3ccc(Cl)cc3)C2)cc1. The van der Waals surface area contributed by atoms with E-state index in [1.807, 2.05) is 36.4 Å². The van der Waals surface area contributed by atoms with Crippen molar-refractivity contribution in [1.82, 2.24) is 4.90 Å². The van der Waals surface area contributed by atoms with E-state index in [1.165, 1.54) is 0 Å². The lowest BCUT2D eigenvalue weighted by molar-refractivity contribution is -0.0329. The third-order valence-corrected chi connectivity index (χ3v) is 4.25. The van der Waals surface area contributed by atoms with Crippen LogP contribution < -0.4 is 0 Å². The second-order valence-corrected chi connectivity index (χ2v) is 6.08. The average molecular weight is 332 g/mol. The molecule has 0 radical (unpaired) electrons. The molecule has 1 unspecified atom stereocenters. The molecule has 0 spiro atoms. The number of morpholine rings is 1. The van der Waals surface area contributed by atoms with Gasteiger partial charge < -0.3 is 9.84 Å². The standard InChI is InChI=1S/C18H18ClNO3/c19-16-7-5-14(6-8-16)17-12-20(9-10-23-17)11-13-1-3-15(4-2-13)18(21)22/h1-8,17H,9-12H2,(H,21,22). The van der Waals surface area contributed by atoms with E-state index < -0.39 is 5.97 Å². The molecule has 0 aliphatic carbocycles. The summed E-state index contributed by atoms with van der Waals surface area (Å²) in [5, 5.41) is 9.66. The van der Waals surface area contributed by atoms with Gasteiger partial charge in [0.15, 0.2) is 0 Å². The molecular formula is C18H18ClNO3. The Morgan fingerprint density at radius 2 is 1.87 bits per heavy atom. The van der Waals surface area contributed by atoms with Crippen LogP contribution in [0.15, 0.2) is 48.5 Å². The maximum absolute atomic E-state index is 10.9. The summed E-state index contributed by atoms with van der Waals surface area (Å²) in [5.41, 5.74) is 2.54. The first kappa shape index (κ1) is 16.0. The highest BCUT2D eigenvalue weighted by molar-refractivity contribution is 6.30. The smallest absolute Gasteiger partial charge is 0.335 e. The topological polar surface area (TPSA) is 49.8 Å². The lowest BCUT2D eigenvalue weighted by atomic mass is 10.1. The fourth-order valence-corrected chi connectivity index (χ4v) is 2.86. The van der Waals surface area contributed by atoms with Crippen LogP contribution in [0.3, 0.4) is 0 Å². The van der Waals surface area contributed by atoms with Gasteiger partial charge in [-0.3, -0.25) is 4.90 Å². The minimum Gasteiger partial charge on any atom is -0.478 e. The summed E-state index contributed by atoms with van der Waals surface area (Å²) < 4.78 is 5.86. The Kier molecular flexibility index (Phi) is 4.96. The largest absolute Gasteiger partial charge is 0.478 e. The van der Waals surface area contributed by atoms with Crippen LogP contribution in [-0.4, -0.2) is 35.7 Å². The normalized spacial score (nSPS) is 18.7. The average Bonchev–Trinajstić information content (AvgIpc) is 2.56. The second kappa shape index (κ2) is 7.13. The maximum Gasteiger partial charge on any atom is 0.335 e. The summed E-state index contributed by atoms with van der Waals surface area (Å²) in [7, 11) is 0. The first-order chi connectivity index (χ1) is 11.1. The lowest BCUT2D eigenvalue weighted by Gasteiger charge is -2.33. The second-order valence-electron chi connectivity index (χ2n) is 5.65. The van der Waals surface area contributed by atoms with Gasteiger partial charge in [-0.15, -0.1) is 0 Å². The van der Waals surface area contributed by atoms with Gasteiger partial charge in [0, 0.05) is 24.7 Å². The van der Waals surface area contributed by atoms with Crippen molar-refractivity contribution < 1.29 is 14.6 Å². The molecule has 0 saturated carbocycles. The molecule has 1 aliphatic heterocycles. The Bertz CT molecular complexity index is 670. The van der Waals surface area contributed by atoms with Gasteiger partial charge in [0.05, 0.1) is 18.3 Å². The minimum absolute atomic E-state index is 0.0410. The molecule has 1 atom stereocenters. The van der Waals surface area contributed by atoms with Crippen molar-refractivity contribution in [1.29, 1.82) is 0 Å². The summed E-state index contributed by atoms with van der Waals surface area (Å²) in [6.07, 6.45) is 0.0410. The van der Waals surface area contributed by atoms with Crippen LogP contribution in [0.1, 0.15) is 27.6 Å². The van der Waals surface area contributed by atoms with E-state index in [-0.39, 0.29) is 6.10 Å². The van der Waals surface area contributed by atoms with Gasteiger partial charge in [0.2, 0.25) is 0 Å². The first-order valence-corrected chi connectivity index (χ1v) is 7.91. The van der Waals surface area contributed by atoms with Crippen molar-refractivity contribution in [2.45, 2.75) is 12.6 Å². The number of hydrogen-bond acceptors (Lipinski definition) is 3. The summed E-state index contributed by atoms with van der Waals surface area (Å²) in [6.45, 7) is 3.14. The molecule has 0 aromatic heterocycles. The monoisotopic (exact) mass is 331 g/mol. The molecule has 23 heavy (non-hydrogen) atoms. The maximum atomic E-state index is 10.9. The molecule has 1 aliphatic rings.